The molecule has 0 heterocycles. The lowest BCUT2D eigenvalue weighted by Gasteiger charge is -2.21. The van der Waals surface area contributed by atoms with Crippen molar-refractivity contribution < 1.29 is 0 Å². The molecule has 0 aromatic carbocycles. The molecule has 2 unspecified atom stereocenters. The summed E-state index contributed by atoms with van der Waals surface area (Å²) in [5.74, 6) is 0.850. The highest BCUT2D eigenvalue weighted by molar-refractivity contribution is 4.84. The van der Waals surface area contributed by atoms with Crippen molar-refractivity contribution in [2.75, 3.05) is 45.8 Å². The lowest BCUT2D eigenvalue weighted by atomic mass is 10.0. The number of rotatable bonds is 15. The van der Waals surface area contributed by atoms with Crippen LogP contribution in [0.15, 0.2) is 0 Å². The van der Waals surface area contributed by atoms with Crippen LogP contribution in [0.5, 0.6) is 0 Å². The van der Waals surface area contributed by atoms with E-state index in [1.165, 1.54) is 77.7 Å². The summed E-state index contributed by atoms with van der Waals surface area (Å²) in [6, 6.07) is 0.758. The molecule has 4 N–H and O–H groups in total. The molecule has 22 heavy (non-hydrogen) atoms. The van der Waals surface area contributed by atoms with Crippen LogP contribution in [-0.4, -0.2) is 51.9 Å². The van der Waals surface area contributed by atoms with Crippen molar-refractivity contribution in [1.82, 2.24) is 21.3 Å². The number of hydrogen-bond donors (Lipinski definition) is 4. The van der Waals surface area contributed by atoms with Gasteiger partial charge in [0, 0.05) is 6.04 Å². The Hall–Kier alpha value is -0.160. The maximum absolute atomic E-state index is 3.80. The van der Waals surface area contributed by atoms with Gasteiger partial charge in [-0.25, -0.2) is 0 Å². The molecular weight excluding hydrogens is 272 g/mol. The lowest BCUT2D eigenvalue weighted by Crippen LogP contribution is -2.38. The second-order valence-corrected chi connectivity index (χ2v) is 6.58. The maximum atomic E-state index is 3.80. The van der Waals surface area contributed by atoms with Crippen LogP contribution in [0, 0.1) is 5.92 Å². The smallest absolute Gasteiger partial charge is 0.0107 e. The zero-order valence-electron chi connectivity index (χ0n) is 15.1. The van der Waals surface area contributed by atoms with Gasteiger partial charge in [-0.15, -0.1) is 0 Å². The highest BCUT2D eigenvalue weighted by atomic mass is 15.0. The van der Waals surface area contributed by atoms with E-state index in [2.05, 4.69) is 35.1 Å². The summed E-state index contributed by atoms with van der Waals surface area (Å²) in [5.41, 5.74) is 0. The Bertz CT molecular complexity index is 235. The molecule has 0 aromatic rings. The molecule has 0 aromatic heterocycles. The van der Waals surface area contributed by atoms with Crippen LogP contribution in [0.4, 0.5) is 0 Å². The first-order valence-corrected chi connectivity index (χ1v) is 9.74. The van der Waals surface area contributed by atoms with Crippen LogP contribution in [0.2, 0.25) is 0 Å². The van der Waals surface area contributed by atoms with Gasteiger partial charge in [-0.1, -0.05) is 20.3 Å². The van der Waals surface area contributed by atoms with Gasteiger partial charge < -0.3 is 21.3 Å². The molecule has 1 aliphatic rings. The van der Waals surface area contributed by atoms with Crippen molar-refractivity contribution in [2.24, 2.45) is 5.92 Å². The Morgan fingerprint density at radius 1 is 0.727 bits per heavy atom. The van der Waals surface area contributed by atoms with Gasteiger partial charge in [0.15, 0.2) is 0 Å². The van der Waals surface area contributed by atoms with Gasteiger partial charge in [0.1, 0.15) is 0 Å². The number of hydrogen-bond acceptors (Lipinski definition) is 4. The normalized spacial score (nSPS) is 21.5. The fraction of sp³-hybridized carbons (Fsp3) is 1.00. The molecule has 0 aliphatic heterocycles. The molecule has 4 nitrogen and oxygen atoms in total. The number of unbranched alkanes of at least 4 members (excludes halogenated alkanes) is 2. The topological polar surface area (TPSA) is 48.1 Å². The molecule has 132 valence electrons. The van der Waals surface area contributed by atoms with Crippen molar-refractivity contribution >= 4 is 0 Å². The van der Waals surface area contributed by atoms with E-state index in [-0.39, 0.29) is 0 Å². The van der Waals surface area contributed by atoms with E-state index in [0.717, 1.165) is 25.0 Å². The molecule has 1 rings (SSSR count). The third-order valence-electron chi connectivity index (χ3n) is 4.71. The molecule has 0 bridgehead atoms. The van der Waals surface area contributed by atoms with E-state index < -0.39 is 0 Å². The Morgan fingerprint density at radius 3 is 1.95 bits per heavy atom. The monoisotopic (exact) mass is 312 g/mol. The Morgan fingerprint density at radius 2 is 1.32 bits per heavy atom. The molecule has 0 radical (unpaired) electrons. The third kappa shape index (κ3) is 9.78. The second-order valence-electron chi connectivity index (χ2n) is 6.58. The lowest BCUT2D eigenvalue weighted by molar-refractivity contribution is 0.375. The maximum Gasteiger partial charge on any atom is 0.0107 e. The van der Waals surface area contributed by atoms with Crippen molar-refractivity contribution in [3.8, 4) is 0 Å². The van der Waals surface area contributed by atoms with Crippen LogP contribution in [0.25, 0.3) is 0 Å². The van der Waals surface area contributed by atoms with Crippen LogP contribution in [0.3, 0.4) is 0 Å². The minimum atomic E-state index is 0.758. The Labute approximate surface area is 138 Å². The quantitative estimate of drug-likeness (QED) is 0.350. The third-order valence-corrected chi connectivity index (χ3v) is 4.71. The van der Waals surface area contributed by atoms with Crippen LogP contribution in [0.1, 0.15) is 58.8 Å². The van der Waals surface area contributed by atoms with Gasteiger partial charge in [0.25, 0.3) is 0 Å². The molecule has 0 spiro atoms. The van der Waals surface area contributed by atoms with E-state index in [4.69, 9.17) is 0 Å². The summed E-state index contributed by atoms with van der Waals surface area (Å²) in [4.78, 5) is 0. The van der Waals surface area contributed by atoms with E-state index >= 15 is 0 Å². The average Bonchev–Trinajstić information content (AvgIpc) is 2.97. The summed E-state index contributed by atoms with van der Waals surface area (Å²) < 4.78 is 0. The minimum Gasteiger partial charge on any atom is -0.317 e. The zero-order chi connectivity index (χ0) is 15.9. The summed E-state index contributed by atoms with van der Waals surface area (Å²) in [6.07, 6.45) is 9.36. The largest absolute Gasteiger partial charge is 0.317 e. The van der Waals surface area contributed by atoms with Crippen molar-refractivity contribution in [3.05, 3.63) is 0 Å². The fourth-order valence-electron chi connectivity index (χ4n) is 3.35. The Balaban J connectivity index is 1.96. The second kappa shape index (κ2) is 14.4. The van der Waals surface area contributed by atoms with E-state index in [9.17, 15) is 0 Å². The van der Waals surface area contributed by atoms with Crippen LogP contribution >= 0.6 is 0 Å². The van der Waals surface area contributed by atoms with E-state index in [1.807, 2.05) is 0 Å². The van der Waals surface area contributed by atoms with Crippen molar-refractivity contribution in [1.29, 1.82) is 0 Å². The van der Waals surface area contributed by atoms with Gasteiger partial charge in [-0.2, -0.15) is 0 Å². The van der Waals surface area contributed by atoms with Gasteiger partial charge in [-0.3, -0.25) is 0 Å². The SMILES string of the molecule is CCNCCCCNCC1CCCC1NCCCCNCC. The summed E-state index contributed by atoms with van der Waals surface area (Å²) >= 11 is 0. The molecule has 4 heteroatoms. The molecule has 1 saturated carbocycles. The molecule has 1 aliphatic carbocycles. The summed E-state index contributed by atoms with van der Waals surface area (Å²) in [5, 5.41) is 14.3. The van der Waals surface area contributed by atoms with Gasteiger partial charge in [0.2, 0.25) is 0 Å². The molecule has 1 fully saturated rings. The highest BCUT2D eigenvalue weighted by Crippen LogP contribution is 2.25. The first kappa shape index (κ1) is 19.9. The summed E-state index contributed by atoms with van der Waals surface area (Å²) in [7, 11) is 0. The van der Waals surface area contributed by atoms with Gasteiger partial charge in [-0.05, 0) is 90.3 Å². The fourth-order valence-corrected chi connectivity index (χ4v) is 3.35. The van der Waals surface area contributed by atoms with Crippen molar-refractivity contribution in [3.63, 3.8) is 0 Å². The van der Waals surface area contributed by atoms with E-state index in [1.54, 1.807) is 0 Å². The molecule has 0 amide bonds. The predicted octanol–water partition coefficient (Wildman–Crippen LogP) is 2.11. The first-order chi connectivity index (χ1) is 10.9. The molecule has 0 saturated heterocycles. The zero-order valence-corrected chi connectivity index (χ0v) is 15.1. The molecule has 2 atom stereocenters. The summed E-state index contributed by atoms with van der Waals surface area (Å²) in [6.45, 7) is 12.4. The van der Waals surface area contributed by atoms with Crippen LogP contribution in [-0.2, 0) is 0 Å². The van der Waals surface area contributed by atoms with E-state index in [0.29, 0.717) is 0 Å². The van der Waals surface area contributed by atoms with Crippen molar-refractivity contribution in [2.45, 2.75) is 64.8 Å². The Kier molecular flexibility index (Phi) is 13.0. The standard InChI is InChI=1S/C18H40N4/c1-3-19-12-5-6-14-21-16-17-10-9-11-18(17)22-15-8-7-13-20-4-2/h17-22H,3-16H2,1-2H3. The first-order valence-electron chi connectivity index (χ1n) is 9.74. The minimum absolute atomic E-state index is 0.758. The molecular formula is C18H40N4. The average molecular weight is 313 g/mol. The number of nitrogens with one attached hydrogen (secondary N) is 4. The predicted molar refractivity (Wildman–Crippen MR) is 97.6 cm³/mol. The highest BCUT2D eigenvalue weighted by Gasteiger charge is 2.25. The van der Waals surface area contributed by atoms with Gasteiger partial charge >= 0.3 is 0 Å². The van der Waals surface area contributed by atoms with Gasteiger partial charge in [0.05, 0.1) is 0 Å². The van der Waals surface area contributed by atoms with Crippen LogP contribution < -0.4 is 21.3 Å².